The smallest absolute Gasteiger partial charge is 0.0703 e. The third kappa shape index (κ3) is 2.35. The Balaban J connectivity index is 2.22. The van der Waals surface area contributed by atoms with Crippen molar-refractivity contribution in [2.45, 2.75) is 26.9 Å². The van der Waals surface area contributed by atoms with Gasteiger partial charge < -0.3 is 10.0 Å². The van der Waals surface area contributed by atoms with Crippen LogP contribution in [0.2, 0.25) is 0 Å². The first-order chi connectivity index (χ1) is 7.70. The number of nitrogens with zero attached hydrogens (tertiary/aromatic N) is 2. The van der Waals surface area contributed by atoms with Crippen LogP contribution >= 0.6 is 0 Å². The molecule has 1 saturated heterocycles. The second-order valence-electron chi connectivity index (χ2n) is 5.01. The van der Waals surface area contributed by atoms with E-state index >= 15 is 0 Å². The lowest BCUT2D eigenvalue weighted by Crippen LogP contribution is -2.39. The van der Waals surface area contributed by atoms with E-state index in [9.17, 15) is 5.11 Å². The van der Waals surface area contributed by atoms with Crippen molar-refractivity contribution < 1.29 is 5.11 Å². The second-order valence-corrected chi connectivity index (χ2v) is 5.01. The third-order valence-corrected chi connectivity index (χ3v) is 3.27. The first-order valence-electron chi connectivity index (χ1n) is 5.99. The first kappa shape index (κ1) is 11.4. The van der Waals surface area contributed by atoms with Crippen LogP contribution in [0.1, 0.15) is 25.8 Å². The number of hydrogen-bond acceptors (Lipinski definition) is 3. The highest BCUT2D eigenvalue weighted by atomic mass is 16.3. The maximum absolute atomic E-state index is 9.33. The molecule has 2 rings (SSSR count). The lowest BCUT2D eigenvalue weighted by molar-refractivity contribution is 0.280. The lowest BCUT2D eigenvalue weighted by Gasteiger charge is -2.37. The van der Waals surface area contributed by atoms with Gasteiger partial charge in [0.15, 0.2) is 0 Å². The summed E-state index contributed by atoms with van der Waals surface area (Å²) in [4.78, 5) is 6.52. The van der Waals surface area contributed by atoms with Crippen molar-refractivity contribution in [3.8, 4) is 0 Å². The molecule has 3 heteroatoms. The first-order valence-corrected chi connectivity index (χ1v) is 5.99. The zero-order valence-electron chi connectivity index (χ0n) is 10.1. The molecule has 1 aliphatic rings. The number of piperidine rings is 1. The molecule has 1 N–H and O–H groups in total. The van der Waals surface area contributed by atoms with E-state index in [1.807, 2.05) is 12.3 Å². The minimum Gasteiger partial charge on any atom is -0.392 e. The highest BCUT2D eigenvalue weighted by Crippen LogP contribution is 2.28. The molecule has 2 unspecified atom stereocenters. The normalized spacial score (nSPS) is 25.8. The fraction of sp³-hybridized carbons (Fsp3) is 0.615. The van der Waals surface area contributed by atoms with Crippen molar-refractivity contribution >= 4 is 5.69 Å². The number of aliphatic hydroxyl groups excluding tert-OH is 1. The molecule has 1 aromatic heterocycles. The van der Waals surface area contributed by atoms with Crippen molar-refractivity contribution in [3.05, 3.63) is 24.0 Å². The van der Waals surface area contributed by atoms with E-state index < -0.39 is 0 Å². The fourth-order valence-corrected chi connectivity index (χ4v) is 2.69. The molecule has 0 aliphatic carbocycles. The van der Waals surface area contributed by atoms with Gasteiger partial charge in [-0.3, -0.25) is 4.98 Å². The molecule has 3 nitrogen and oxygen atoms in total. The van der Waals surface area contributed by atoms with E-state index in [1.165, 1.54) is 6.42 Å². The van der Waals surface area contributed by atoms with Crippen LogP contribution in [0.4, 0.5) is 5.69 Å². The number of pyridine rings is 1. The average Bonchev–Trinajstić information content (AvgIpc) is 2.27. The van der Waals surface area contributed by atoms with E-state index in [0.29, 0.717) is 0 Å². The Hall–Kier alpha value is -1.09. The maximum atomic E-state index is 9.33. The van der Waals surface area contributed by atoms with Crippen molar-refractivity contribution in [1.29, 1.82) is 0 Å². The molecule has 0 bridgehead atoms. The molecule has 1 aromatic rings. The van der Waals surface area contributed by atoms with Crippen LogP contribution in [0, 0.1) is 11.8 Å². The van der Waals surface area contributed by atoms with E-state index in [2.05, 4.69) is 23.7 Å². The Morgan fingerprint density at radius 2 is 2.06 bits per heavy atom. The van der Waals surface area contributed by atoms with Crippen molar-refractivity contribution in [2.24, 2.45) is 11.8 Å². The summed E-state index contributed by atoms with van der Waals surface area (Å²) < 4.78 is 0. The standard InChI is InChI=1S/C13H20N2O/c1-10-5-11(2)8-15(7-10)13-6-14-4-3-12(13)9-16/h3-4,6,10-11,16H,5,7-9H2,1-2H3. The van der Waals surface area contributed by atoms with Crippen molar-refractivity contribution in [3.63, 3.8) is 0 Å². The lowest BCUT2D eigenvalue weighted by atomic mass is 9.91. The topological polar surface area (TPSA) is 36.4 Å². The molecule has 0 aromatic carbocycles. The van der Waals surface area contributed by atoms with Crippen molar-refractivity contribution in [1.82, 2.24) is 4.98 Å². The molecule has 1 fully saturated rings. The SMILES string of the molecule is CC1CC(C)CN(c2cnccc2CO)C1. The van der Waals surface area contributed by atoms with E-state index in [0.717, 1.165) is 36.2 Å². The molecule has 88 valence electrons. The predicted molar refractivity (Wildman–Crippen MR) is 65.3 cm³/mol. The van der Waals surface area contributed by atoms with Gasteiger partial charge in [-0.2, -0.15) is 0 Å². The molecule has 0 radical (unpaired) electrons. The Bertz CT molecular complexity index is 344. The molecular weight excluding hydrogens is 200 g/mol. The summed E-state index contributed by atoms with van der Waals surface area (Å²) in [7, 11) is 0. The number of rotatable bonds is 2. The quantitative estimate of drug-likeness (QED) is 0.828. The zero-order chi connectivity index (χ0) is 11.5. The summed E-state index contributed by atoms with van der Waals surface area (Å²) in [6, 6.07) is 1.90. The predicted octanol–water partition coefficient (Wildman–Crippen LogP) is 2.06. The van der Waals surface area contributed by atoms with Gasteiger partial charge in [-0.25, -0.2) is 0 Å². The van der Waals surface area contributed by atoms with E-state index in [-0.39, 0.29) is 6.61 Å². The number of aliphatic hydroxyl groups is 1. The summed E-state index contributed by atoms with van der Waals surface area (Å²) in [6.45, 7) is 6.82. The second kappa shape index (κ2) is 4.83. The minimum atomic E-state index is 0.0944. The molecular formula is C13H20N2O. The number of aromatic nitrogens is 1. The molecule has 2 atom stereocenters. The largest absolute Gasteiger partial charge is 0.392 e. The van der Waals surface area contributed by atoms with Gasteiger partial charge >= 0.3 is 0 Å². The highest BCUT2D eigenvalue weighted by molar-refractivity contribution is 5.51. The summed E-state index contributed by atoms with van der Waals surface area (Å²) in [5, 5.41) is 9.33. The average molecular weight is 220 g/mol. The van der Waals surface area contributed by atoms with Gasteiger partial charge in [-0.15, -0.1) is 0 Å². The minimum absolute atomic E-state index is 0.0944. The van der Waals surface area contributed by atoms with Crippen LogP contribution < -0.4 is 4.90 Å². The zero-order valence-corrected chi connectivity index (χ0v) is 10.1. The van der Waals surface area contributed by atoms with Crippen LogP contribution in [0.25, 0.3) is 0 Å². The van der Waals surface area contributed by atoms with Crippen LogP contribution in [-0.4, -0.2) is 23.2 Å². The fourth-order valence-electron chi connectivity index (χ4n) is 2.69. The molecule has 2 heterocycles. The van der Waals surface area contributed by atoms with Crippen LogP contribution in [0.5, 0.6) is 0 Å². The highest BCUT2D eigenvalue weighted by Gasteiger charge is 2.23. The van der Waals surface area contributed by atoms with Gasteiger partial charge in [-0.1, -0.05) is 13.8 Å². The summed E-state index contributed by atoms with van der Waals surface area (Å²) in [5.74, 6) is 1.44. The molecule has 0 spiro atoms. The van der Waals surface area contributed by atoms with E-state index in [4.69, 9.17) is 0 Å². The monoisotopic (exact) mass is 220 g/mol. The van der Waals surface area contributed by atoms with Crippen molar-refractivity contribution in [2.75, 3.05) is 18.0 Å². The Labute approximate surface area is 97.1 Å². The van der Waals surface area contributed by atoms with E-state index in [1.54, 1.807) is 6.20 Å². The van der Waals surface area contributed by atoms with Gasteiger partial charge in [0.25, 0.3) is 0 Å². The maximum Gasteiger partial charge on any atom is 0.0703 e. The molecule has 1 aliphatic heterocycles. The Kier molecular flexibility index (Phi) is 3.44. The van der Waals surface area contributed by atoms with Gasteiger partial charge in [-0.05, 0) is 24.3 Å². The van der Waals surface area contributed by atoms with Crippen LogP contribution in [-0.2, 0) is 6.61 Å². The molecule has 0 amide bonds. The third-order valence-electron chi connectivity index (χ3n) is 3.27. The van der Waals surface area contributed by atoms with Gasteiger partial charge in [0.1, 0.15) is 0 Å². The van der Waals surface area contributed by atoms with Gasteiger partial charge in [0, 0.05) is 24.8 Å². The van der Waals surface area contributed by atoms with Crippen LogP contribution in [0.15, 0.2) is 18.5 Å². The summed E-state index contributed by atoms with van der Waals surface area (Å²) in [5.41, 5.74) is 2.08. The summed E-state index contributed by atoms with van der Waals surface area (Å²) in [6.07, 6.45) is 4.91. The number of anilines is 1. The Morgan fingerprint density at radius 3 is 2.69 bits per heavy atom. The van der Waals surface area contributed by atoms with Gasteiger partial charge in [0.2, 0.25) is 0 Å². The van der Waals surface area contributed by atoms with Crippen LogP contribution in [0.3, 0.4) is 0 Å². The van der Waals surface area contributed by atoms with Gasteiger partial charge in [0.05, 0.1) is 18.5 Å². The summed E-state index contributed by atoms with van der Waals surface area (Å²) >= 11 is 0. The molecule has 0 saturated carbocycles. The number of hydrogen-bond donors (Lipinski definition) is 1. The molecule has 16 heavy (non-hydrogen) atoms. The Morgan fingerprint density at radius 1 is 1.38 bits per heavy atom.